The Hall–Kier alpha value is -4.33. The van der Waals surface area contributed by atoms with Gasteiger partial charge in [-0.25, -0.2) is 0 Å². The number of amides is 2. The monoisotopic (exact) mass is 459 g/mol. The molecule has 0 unspecified atom stereocenters. The number of aromatic nitrogens is 1. The van der Waals surface area contributed by atoms with E-state index < -0.39 is 11.8 Å². The van der Waals surface area contributed by atoms with E-state index in [2.05, 4.69) is 10.3 Å². The summed E-state index contributed by atoms with van der Waals surface area (Å²) in [5.74, 6) is 0.959. The fraction of sp³-hybridized carbons (Fsp3) is 0.192. The third-order valence-electron chi connectivity index (χ3n) is 5.31. The van der Waals surface area contributed by atoms with Gasteiger partial charge in [0.2, 0.25) is 0 Å². The lowest BCUT2D eigenvalue weighted by molar-refractivity contribution is -0.137. The zero-order chi connectivity index (χ0) is 24.1. The Morgan fingerprint density at radius 2 is 1.62 bits per heavy atom. The lowest BCUT2D eigenvalue weighted by atomic mass is 10.0. The van der Waals surface area contributed by atoms with Gasteiger partial charge in [-0.2, -0.15) is 0 Å². The van der Waals surface area contributed by atoms with E-state index in [4.69, 9.17) is 14.2 Å². The summed E-state index contributed by atoms with van der Waals surface area (Å²) in [5.41, 5.74) is 2.36. The maximum absolute atomic E-state index is 13.5. The highest BCUT2D eigenvalue weighted by Gasteiger charge is 2.39. The van der Waals surface area contributed by atoms with Crippen molar-refractivity contribution >= 4 is 23.1 Å². The highest BCUT2D eigenvalue weighted by atomic mass is 16.5. The molecule has 0 aliphatic carbocycles. The van der Waals surface area contributed by atoms with E-state index in [-0.39, 0.29) is 17.8 Å². The molecule has 2 heterocycles. The van der Waals surface area contributed by atoms with Gasteiger partial charge in [-0.15, -0.1) is 0 Å². The van der Waals surface area contributed by atoms with Crippen LogP contribution in [0.2, 0.25) is 0 Å². The van der Waals surface area contributed by atoms with E-state index in [1.807, 2.05) is 13.0 Å². The van der Waals surface area contributed by atoms with Crippen LogP contribution < -0.4 is 19.5 Å². The minimum absolute atomic E-state index is 0.110. The minimum atomic E-state index is -0.431. The van der Waals surface area contributed by atoms with Crippen molar-refractivity contribution in [2.45, 2.75) is 13.5 Å². The first-order chi connectivity index (χ1) is 16.5. The number of rotatable bonds is 9. The van der Waals surface area contributed by atoms with Gasteiger partial charge >= 0.3 is 0 Å². The predicted molar refractivity (Wildman–Crippen MR) is 127 cm³/mol. The first-order valence-corrected chi connectivity index (χ1v) is 10.8. The van der Waals surface area contributed by atoms with Gasteiger partial charge in [-0.3, -0.25) is 19.5 Å². The smallest absolute Gasteiger partial charge is 0.278 e. The summed E-state index contributed by atoms with van der Waals surface area (Å²) < 4.78 is 16.2. The van der Waals surface area contributed by atoms with Crippen LogP contribution in [0.3, 0.4) is 0 Å². The number of imide groups is 1. The van der Waals surface area contributed by atoms with Gasteiger partial charge in [0.25, 0.3) is 11.8 Å². The number of nitrogens with one attached hydrogen (secondary N) is 1. The molecule has 8 heteroatoms. The summed E-state index contributed by atoms with van der Waals surface area (Å²) in [6.07, 6.45) is 3.28. The molecule has 1 aliphatic rings. The second-order valence-electron chi connectivity index (χ2n) is 7.49. The zero-order valence-corrected chi connectivity index (χ0v) is 19.2. The van der Waals surface area contributed by atoms with Gasteiger partial charge in [0.05, 0.1) is 32.9 Å². The van der Waals surface area contributed by atoms with Crippen molar-refractivity contribution in [3.63, 3.8) is 0 Å². The third kappa shape index (κ3) is 4.71. The molecule has 8 nitrogen and oxygen atoms in total. The van der Waals surface area contributed by atoms with Gasteiger partial charge in [-0.1, -0.05) is 18.2 Å². The van der Waals surface area contributed by atoms with Crippen molar-refractivity contribution in [3.8, 4) is 17.2 Å². The van der Waals surface area contributed by atoms with Crippen molar-refractivity contribution < 1.29 is 23.8 Å². The molecule has 1 aromatic heterocycles. The SMILES string of the molecule is CCOc1ccc(C2=C(Nc3cc(OC)cc(OC)c3)C(=O)N(Cc3cccnc3)C2=O)cc1. The quantitative estimate of drug-likeness (QED) is 0.486. The zero-order valence-electron chi connectivity index (χ0n) is 19.2. The Bertz CT molecular complexity index is 1200. The lowest BCUT2D eigenvalue weighted by Gasteiger charge is -2.15. The summed E-state index contributed by atoms with van der Waals surface area (Å²) in [5, 5.41) is 3.14. The molecule has 174 valence electrons. The molecule has 2 amide bonds. The van der Waals surface area contributed by atoms with E-state index in [0.29, 0.717) is 35.1 Å². The number of hydrogen-bond donors (Lipinski definition) is 1. The molecule has 0 atom stereocenters. The summed E-state index contributed by atoms with van der Waals surface area (Å²) in [6, 6.07) is 15.9. The average Bonchev–Trinajstić information content (AvgIpc) is 3.09. The fourth-order valence-electron chi connectivity index (χ4n) is 3.69. The number of nitrogens with zero attached hydrogens (tertiary/aromatic N) is 2. The number of carbonyl (C=O) groups excluding carboxylic acids is 2. The van der Waals surface area contributed by atoms with Crippen molar-refractivity contribution in [2.24, 2.45) is 0 Å². The fourth-order valence-corrected chi connectivity index (χ4v) is 3.69. The average molecular weight is 460 g/mol. The molecule has 3 aromatic rings. The van der Waals surface area contributed by atoms with Crippen LogP contribution in [0.15, 0.2) is 72.7 Å². The Labute approximate surface area is 197 Å². The van der Waals surface area contributed by atoms with Crippen LogP contribution in [0.5, 0.6) is 17.2 Å². The van der Waals surface area contributed by atoms with Gasteiger partial charge < -0.3 is 19.5 Å². The van der Waals surface area contributed by atoms with Crippen LogP contribution in [-0.4, -0.2) is 42.5 Å². The Balaban J connectivity index is 1.75. The molecular weight excluding hydrogens is 434 g/mol. The Kier molecular flexibility index (Phi) is 6.77. The van der Waals surface area contributed by atoms with Gasteiger partial charge in [-0.05, 0) is 36.2 Å². The molecule has 0 spiro atoms. The molecule has 4 rings (SSSR count). The Morgan fingerprint density at radius 3 is 2.21 bits per heavy atom. The first-order valence-electron chi connectivity index (χ1n) is 10.8. The Morgan fingerprint density at radius 1 is 0.912 bits per heavy atom. The van der Waals surface area contributed by atoms with Crippen molar-refractivity contribution in [2.75, 3.05) is 26.1 Å². The van der Waals surface area contributed by atoms with E-state index in [1.165, 1.54) is 4.90 Å². The molecule has 1 N–H and O–H groups in total. The molecular formula is C26H25N3O5. The number of anilines is 1. The molecule has 0 saturated carbocycles. The number of carbonyl (C=O) groups is 2. The molecule has 0 bridgehead atoms. The summed E-state index contributed by atoms with van der Waals surface area (Å²) in [7, 11) is 3.09. The van der Waals surface area contributed by atoms with Crippen LogP contribution in [-0.2, 0) is 16.1 Å². The van der Waals surface area contributed by atoms with Crippen LogP contribution in [0.25, 0.3) is 5.57 Å². The number of benzene rings is 2. The number of ether oxygens (including phenoxy) is 3. The standard InChI is InChI=1S/C26H25N3O5/c1-4-34-20-9-7-18(8-10-20)23-24(28-19-12-21(32-2)14-22(13-19)33-3)26(31)29(25(23)30)16-17-6-5-11-27-15-17/h5-15,28H,4,16H2,1-3H3. The second kappa shape index (κ2) is 10.1. The molecule has 34 heavy (non-hydrogen) atoms. The first kappa shape index (κ1) is 22.8. The van der Waals surface area contributed by atoms with E-state index in [0.717, 1.165) is 5.56 Å². The highest BCUT2D eigenvalue weighted by molar-refractivity contribution is 6.36. The van der Waals surface area contributed by atoms with Crippen molar-refractivity contribution in [3.05, 3.63) is 83.8 Å². The third-order valence-corrected chi connectivity index (χ3v) is 5.31. The van der Waals surface area contributed by atoms with E-state index in [9.17, 15) is 9.59 Å². The molecule has 0 fully saturated rings. The van der Waals surface area contributed by atoms with Gasteiger partial charge in [0, 0.05) is 36.3 Å². The summed E-state index contributed by atoms with van der Waals surface area (Å²) in [4.78, 5) is 32.2. The summed E-state index contributed by atoms with van der Waals surface area (Å²) in [6.45, 7) is 2.54. The molecule has 0 saturated heterocycles. The van der Waals surface area contributed by atoms with Crippen LogP contribution in [0.1, 0.15) is 18.1 Å². The minimum Gasteiger partial charge on any atom is -0.497 e. The molecule has 0 radical (unpaired) electrons. The second-order valence-corrected chi connectivity index (χ2v) is 7.49. The van der Waals surface area contributed by atoms with Crippen molar-refractivity contribution in [1.29, 1.82) is 0 Å². The van der Waals surface area contributed by atoms with Crippen LogP contribution in [0.4, 0.5) is 5.69 Å². The van der Waals surface area contributed by atoms with Crippen molar-refractivity contribution in [1.82, 2.24) is 9.88 Å². The number of pyridine rings is 1. The predicted octanol–water partition coefficient (Wildman–Crippen LogP) is 3.89. The molecule has 1 aliphatic heterocycles. The van der Waals surface area contributed by atoms with Crippen LogP contribution >= 0.6 is 0 Å². The van der Waals surface area contributed by atoms with Gasteiger partial charge in [0.1, 0.15) is 22.9 Å². The highest BCUT2D eigenvalue weighted by Crippen LogP contribution is 2.34. The maximum atomic E-state index is 13.5. The number of hydrogen-bond acceptors (Lipinski definition) is 7. The maximum Gasteiger partial charge on any atom is 0.278 e. The normalized spacial score (nSPS) is 13.3. The van der Waals surface area contributed by atoms with E-state index in [1.54, 1.807) is 75.1 Å². The summed E-state index contributed by atoms with van der Waals surface area (Å²) >= 11 is 0. The number of methoxy groups -OCH3 is 2. The molecule has 2 aromatic carbocycles. The van der Waals surface area contributed by atoms with Gasteiger partial charge in [0.15, 0.2) is 0 Å². The lowest BCUT2D eigenvalue weighted by Crippen LogP contribution is -2.32. The van der Waals surface area contributed by atoms with Crippen LogP contribution in [0, 0.1) is 0 Å². The topological polar surface area (TPSA) is 90.0 Å². The van der Waals surface area contributed by atoms with E-state index >= 15 is 0 Å². The largest absolute Gasteiger partial charge is 0.497 e.